The van der Waals surface area contributed by atoms with Crippen LogP contribution in [0.3, 0.4) is 0 Å². The van der Waals surface area contributed by atoms with Gasteiger partial charge in [-0.3, -0.25) is 9.59 Å². The van der Waals surface area contributed by atoms with Crippen LogP contribution < -0.4 is 16.0 Å². The molecule has 0 unspecified atom stereocenters. The Morgan fingerprint density at radius 2 is 1.94 bits per heavy atom. The summed E-state index contributed by atoms with van der Waals surface area (Å²) in [5.41, 5.74) is 10.4. The first kappa shape index (κ1) is 24.0. The molecule has 1 saturated carbocycles. The van der Waals surface area contributed by atoms with Gasteiger partial charge < -0.3 is 20.9 Å². The minimum atomic E-state index is -0.637. The number of halogens is 2. The molecule has 1 aromatic carbocycles. The van der Waals surface area contributed by atoms with E-state index in [1.54, 1.807) is 11.0 Å². The number of rotatable bonds is 4. The van der Waals surface area contributed by atoms with Gasteiger partial charge in [-0.05, 0) is 75.3 Å². The van der Waals surface area contributed by atoms with Crippen molar-refractivity contribution in [3.63, 3.8) is 0 Å². The number of nitrogens with zero attached hydrogens (tertiary/aromatic N) is 1. The lowest BCUT2D eigenvalue weighted by Crippen LogP contribution is -2.36. The number of aromatic nitrogens is 1. The first-order valence-corrected chi connectivity index (χ1v) is 10.8. The third kappa shape index (κ3) is 4.45. The monoisotopic (exact) mass is 460 g/mol. The molecule has 2 aliphatic rings. The molecular weight excluding hydrogens is 431 g/mol. The van der Waals surface area contributed by atoms with Crippen molar-refractivity contribution < 1.29 is 14.0 Å². The number of anilines is 1. The summed E-state index contributed by atoms with van der Waals surface area (Å²) < 4.78 is 14.8. The Morgan fingerprint density at radius 3 is 2.53 bits per heavy atom. The van der Waals surface area contributed by atoms with E-state index in [9.17, 15) is 14.0 Å². The van der Waals surface area contributed by atoms with E-state index >= 15 is 0 Å². The van der Waals surface area contributed by atoms with E-state index < -0.39 is 11.7 Å². The van der Waals surface area contributed by atoms with Crippen LogP contribution in [0.15, 0.2) is 18.2 Å². The van der Waals surface area contributed by atoms with E-state index in [1.165, 1.54) is 19.2 Å². The summed E-state index contributed by atoms with van der Waals surface area (Å²) in [7, 11) is 1.46. The van der Waals surface area contributed by atoms with Gasteiger partial charge in [-0.25, -0.2) is 4.39 Å². The van der Waals surface area contributed by atoms with E-state index in [-0.39, 0.29) is 29.9 Å². The van der Waals surface area contributed by atoms with Crippen LogP contribution in [0.4, 0.5) is 10.1 Å². The SMILES string of the molecule is CNC(=O)c1cc2c(cc1F)/C(=C/c1[nH]c(C)cc1C)C(=O)N2CC1CCC(N)CC1.Cl. The van der Waals surface area contributed by atoms with Crippen LogP contribution in [-0.2, 0) is 4.79 Å². The van der Waals surface area contributed by atoms with Gasteiger partial charge in [0.25, 0.3) is 11.8 Å². The molecule has 0 radical (unpaired) electrons. The summed E-state index contributed by atoms with van der Waals surface area (Å²) in [4.78, 5) is 30.6. The normalized spacial score (nSPS) is 21.5. The highest BCUT2D eigenvalue weighted by Crippen LogP contribution is 2.41. The average molecular weight is 461 g/mol. The molecule has 4 rings (SSSR count). The smallest absolute Gasteiger partial charge is 0.259 e. The predicted molar refractivity (Wildman–Crippen MR) is 127 cm³/mol. The zero-order chi connectivity index (χ0) is 22.3. The lowest BCUT2D eigenvalue weighted by Gasteiger charge is -2.30. The number of aromatic amines is 1. The summed E-state index contributed by atoms with van der Waals surface area (Å²) in [5.74, 6) is -0.977. The Hall–Kier alpha value is -2.64. The maximum Gasteiger partial charge on any atom is 0.259 e. The molecule has 1 aliphatic heterocycles. The van der Waals surface area contributed by atoms with Crippen LogP contribution in [0.2, 0.25) is 0 Å². The standard InChI is InChI=1S/C24H29FN4O2.ClH/c1-13-8-14(2)28-21(13)10-18-17-9-20(25)19(23(30)27-3)11-22(17)29(24(18)31)12-15-4-6-16(26)7-5-15;/h8-11,15-16,28H,4-7,12,26H2,1-3H3,(H,27,30);1H/b18-10-;. The third-order valence-corrected chi connectivity index (χ3v) is 6.42. The average Bonchev–Trinajstić information content (AvgIpc) is 3.18. The Balaban J connectivity index is 0.00000289. The van der Waals surface area contributed by atoms with Crippen molar-refractivity contribution in [2.24, 2.45) is 11.7 Å². The van der Waals surface area contributed by atoms with E-state index in [2.05, 4.69) is 10.3 Å². The number of benzene rings is 1. The number of carbonyl (C=O) groups excluding carboxylic acids is 2. The van der Waals surface area contributed by atoms with Crippen molar-refractivity contribution in [2.45, 2.75) is 45.6 Å². The second-order valence-corrected chi connectivity index (χ2v) is 8.73. The van der Waals surface area contributed by atoms with Crippen LogP contribution in [0, 0.1) is 25.6 Å². The molecule has 32 heavy (non-hydrogen) atoms. The second kappa shape index (κ2) is 9.46. The van der Waals surface area contributed by atoms with E-state index in [4.69, 9.17) is 5.73 Å². The first-order valence-electron chi connectivity index (χ1n) is 10.8. The van der Waals surface area contributed by atoms with E-state index in [0.29, 0.717) is 29.3 Å². The number of aryl methyl sites for hydroxylation is 2. The fourth-order valence-corrected chi connectivity index (χ4v) is 4.67. The molecule has 0 spiro atoms. The first-order chi connectivity index (χ1) is 14.8. The van der Waals surface area contributed by atoms with Crippen molar-refractivity contribution in [1.82, 2.24) is 10.3 Å². The summed E-state index contributed by atoms with van der Waals surface area (Å²) in [6.07, 6.45) is 5.58. The zero-order valence-corrected chi connectivity index (χ0v) is 19.4. The van der Waals surface area contributed by atoms with Crippen molar-refractivity contribution in [1.29, 1.82) is 0 Å². The topological polar surface area (TPSA) is 91.2 Å². The molecule has 6 nitrogen and oxygen atoms in total. The van der Waals surface area contributed by atoms with Gasteiger partial charge in [0.15, 0.2) is 0 Å². The number of nitrogens with one attached hydrogen (secondary N) is 2. The van der Waals surface area contributed by atoms with Gasteiger partial charge in [-0.15, -0.1) is 12.4 Å². The van der Waals surface area contributed by atoms with Crippen LogP contribution in [-0.4, -0.2) is 36.4 Å². The molecule has 1 fully saturated rings. The highest BCUT2D eigenvalue weighted by molar-refractivity contribution is 6.36. The van der Waals surface area contributed by atoms with Gasteiger partial charge in [-0.1, -0.05) is 0 Å². The Labute approximate surface area is 193 Å². The quantitative estimate of drug-likeness (QED) is 0.603. The van der Waals surface area contributed by atoms with Crippen molar-refractivity contribution >= 4 is 41.6 Å². The molecule has 2 heterocycles. The van der Waals surface area contributed by atoms with E-state index in [1.807, 2.05) is 19.9 Å². The fraction of sp³-hybridized carbons (Fsp3) is 0.417. The molecule has 4 N–H and O–H groups in total. The molecule has 2 aromatic rings. The summed E-state index contributed by atoms with van der Waals surface area (Å²) in [6.45, 7) is 4.46. The Morgan fingerprint density at radius 1 is 1.25 bits per heavy atom. The van der Waals surface area contributed by atoms with Gasteiger partial charge in [0.05, 0.1) is 16.8 Å². The van der Waals surface area contributed by atoms with Crippen LogP contribution in [0.5, 0.6) is 0 Å². The number of fused-ring (bicyclic) bond motifs is 1. The predicted octanol–water partition coefficient (Wildman–Crippen LogP) is 3.96. The number of hydrogen-bond donors (Lipinski definition) is 3. The van der Waals surface area contributed by atoms with Crippen LogP contribution in [0.25, 0.3) is 11.6 Å². The van der Waals surface area contributed by atoms with Gasteiger partial charge >= 0.3 is 0 Å². The lowest BCUT2D eigenvalue weighted by atomic mass is 9.86. The molecular formula is C24H30ClFN4O2. The molecule has 2 amide bonds. The number of nitrogens with two attached hydrogens (primary N) is 1. The molecule has 8 heteroatoms. The van der Waals surface area contributed by atoms with Gasteiger partial charge in [-0.2, -0.15) is 0 Å². The van der Waals surface area contributed by atoms with Crippen LogP contribution >= 0.6 is 12.4 Å². The molecule has 172 valence electrons. The van der Waals surface area contributed by atoms with Crippen molar-refractivity contribution in [3.8, 4) is 0 Å². The number of carbonyl (C=O) groups is 2. The number of hydrogen-bond acceptors (Lipinski definition) is 3. The lowest BCUT2D eigenvalue weighted by molar-refractivity contribution is -0.113. The minimum absolute atomic E-state index is 0. The fourth-order valence-electron chi connectivity index (χ4n) is 4.67. The van der Waals surface area contributed by atoms with Crippen molar-refractivity contribution in [2.75, 3.05) is 18.5 Å². The number of amides is 2. The summed E-state index contributed by atoms with van der Waals surface area (Å²) in [5, 5.41) is 2.47. The van der Waals surface area contributed by atoms with Crippen molar-refractivity contribution in [3.05, 3.63) is 52.1 Å². The third-order valence-electron chi connectivity index (χ3n) is 6.42. The molecule has 0 atom stereocenters. The van der Waals surface area contributed by atoms with Crippen LogP contribution in [0.1, 0.15) is 58.6 Å². The highest BCUT2D eigenvalue weighted by atomic mass is 35.5. The molecule has 1 aliphatic carbocycles. The maximum absolute atomic E-state index is 14.8. The van der Waals surface area contributed by atoms with Gasteiger partial charge in [0.2, 0.25) is 0 Å². The Bertz CT molecular complexity index is 1070. The van der Waals surface area contributed by atoms with Gasteiger partial charge in [0.1, 0.15) is 5.82 Å². The second-order valence-electron chi connectivity index (χ2n) is 8.73. The zero-order valence-electron chi connectivity index (χ0n) is 18.6. The summed E-state index contributed by atoms with van der Waals surface area (Å²) in [6, 6.07) is 5.04. The summed E-state index contributed by atoms with van der Waals surface area (Å²) >= 11 is 0. The largest absolute Gasteiger partial charge is 0.359 e. The van der Waals surface area contributed by atoms with E-state index in [0.717, 1.165) is 42.6 Å². The maximum atomic E-state index is 14.8. The van der Waals surface area contributed by atoms with Gasteiger partial charge in [0, 0.05) is 36.6 Å². The number of H-pyrrole nitrogens is 1. The Kier molecular flexibility index (Phi) is 7.10. The molecule has 1 aromatic heterocycles. The highest BCUT2D eigenvalue weighted by Gasteiger charge is 2.36. The minimum Gasteiger partial charge on any atom is -0.359 e. The molecule has 0 bridgehead atoms. The molecule has 0 saturated heterocycles.